The van der Waals surface area contributed by atoms with Crippen molar-refractivity contribution in [2.75, 3.05) is 28.2 Å². The van der Waals surface area contributed by atoms with E-state index in [2.05, 4.69) is 10.6 Å². The summed E-state index contributed by atoms with van der Waals surface area (Å²) < 4.78 is 0. The zero-order valence-corrected chi connectivity index (χ0v) is 13.4. The van der Waals surface area contributed by atoms with Crippen molar-refractivity contribution in [3.63, 3.8) is 0 Å². The molecule has 0 unspecified atom stereocenters. The average Bonchev–Trinajstić information content (AvgIpc) is 2.34. The molecule has 0 atom stereocenters. The lowest BCUT2D eigenvalue weighted by Crippen LogP contribution is -1.94. The molecule has 0 heterocycles. The summed E-state index contributed by atoms with van der Waals surface area (Å²) in [6.45, 7) is 0. The van der Waals surface area contributed by atoms with Gasteiger partial charge in [-0.1, -0.05) is 25.7 Å². The lowest BCUT2D eigenvalue weighted by Gasteiger charge is -1.98. The molecule has 0 radical (unpaired) electrons. The van der Waals surface area contributed by atoms with Crippen LogP contribution < -0.4 is 10.6 Å². The van der Waals surface area contributed by atoms with Crippen LogP contribution in [0.1, 0.15) is 51.4 Å². The van der Waals surface area contributed by atoms with Gasteiger partial charge in [-0.15, -0.1) is 0 Å². The summed E-state index contributed by atoms with van der Waals surface area (Å²) in [5.74, 6) is -1.48. The van der Waals surface area contributed by atoms with Gasteiger partial charge in [0.15, 0.2) is 0 Å². The van der Waals surface area contributed by atoms with Gasteiger partial charge in [-0.3, -0.25) is 9.59 Å². The minimum Gasteiger partial charge on any atom is -0.481 e. The van der Waals surface area contributed by atoms with E-state index in [1.807, 2.05) is 28.2 Å². The predicted octanol–water partition coefficient (Wildman–Crippen LogP) is 1.95. The monoisotopic (exact) mass is 292 g/mol. The second-order valence-electron chi connectivity index (χ2n) is 4.41. The summed E-state index contributed by atoms with van der Waals surface area (Å²) >= 11 is 0. The van der Waals surface area contributed by atoms with Crippen LogP contribution in [0.5, 0.6) is 0 Å². The standard InChI is InChI=1S/C10H18O4.2C2H7N/c11-9(12)7-5-3-1-2-4-6-8-10(13)14;2*1-3-2/h1-8H2,(H,11,12)(H,13,14);2*3H,1-2H3. The molecule has 122 valence electrons. The number of hydrogen-bond donors (Lipinski definition) is 4. The summed E-state index contributed by atoms with van der Waals surface area (Å²) in [5, 5.41) is 22.2. The van der Waals surface area contributed by atoms with Crippen LogP contribution >= 0.6 is 0 Å². The third-order valence-corrected chi connectivity index (χ3v) is 2.03. The van der Waals surface area contributed by atoms with Crippen molar-refractivity contribution in [2.24, 2.45) is 0 Å². The molecule has 0 fully saturated rings. The molecule has 6 heteroatoms. The van der Waals surface area contributed by atoms with E-state index < -0.39 is 11.9 Å². The normalized spacial score (nSPS) is 8.80. The number of unbranched alkanes of at least 4 members (excludes halogenated alkanes) is 5. The van der Waals surface area contributed by atoms with Crippen molar-refractivity contribution < 1.29 is 19.8 Å². The van der Waals surface area contributed by atoms with Crippen molar-refractivity contribution in [3.05, 3.63) is 0 Å². The SMILES string of the molecule is CNC.CNC.O=C(O)CCCCCCCCC(=O)O. The molecule has 0 amide bonds. The Balaban J connectivity index is -0.000000408. The maximum atomic E-state index is 10.1. The number of aliphatic carboxylic acids is 2. The highest BCUT2D eigenvalue weighted by atomic mass is 16.4. The fourth-order valence-electron chi connectivity index (χ4n) is 1.26. The van der Waals surface area contributed by atoms with Gasteiger partial charge in [-0.25, -0.2) is 0 Å². The first-order valence-corrected chi connectivity index (χ1v) is 7.06. The van der Waals surface area contributed by atoms with Crippen molar-refractivity contribution in [2.45, 2.75) is 51.4 Å². The van der Waals surface area contributed by atoms with Crippen LogP contribution in [0.4, 0.5) is 0 Å². The fraction of sp³-hybridized carbons (Fsp3) is 0.857. The Morgan fingerprint density at radius 2 is 0.850 bits per heavy atom. The largest absolute Gasteiger partial charge is 0.481 e. The summed E-state index contributed by atoms with van der Waals surface area (Å²) in [5.41, 5.74) is 0. The van der Waals surface area contributed by atoms with Gasteiger partial charge in [0.05, 0.1) is 0 Å². The minimum absolute atomic E-state index is 0.245. The summed E-state index contributed by atoms with van der Waals surface area (Å²) in [7, 11) is 7.50. The maximum Gasteiger partial charge on any atom is 0.303 e. The Labute approximate surface area is 123 Å². The number of carboxylic acid groups (broad SMARTS) is 2. The second-order valence-corrected chi connectivity index (χ2v) is 4.41. The Kier molecular flexibility index (Phi) is 27.5. The fourth-order valence-corrected chi connectivity index (χ4v) is 1.26. The maximum absolute atomic E-state index is 10.1. The molecule has 0 aromatic carbocycles. The van der Waals surface area contributed by atoms with Crippen molar-refractivity contribution in [3.8, 4) is 0 Å². The number of carboxylic acids is 2. The van der Waals surface area contributed by atoms with Crippen LogP contribution in [0.2, 0.25) is 0 Å². The van der Waals surface area contributed by atoms with E-state index in [0.29, 0.717) is 0 Å². The highest BCUT2D eigenvalue weighted by molar-refractivity contribution is 5.66. The predicted molar refractivity (Wildman–Crippen MR) is 82.2 cm³/mol. The van der Waals surface area contributed by atoms with Crippen LogP contribution in [-0.4, -0.2) is 50.3 Å². The van der Waals surface area contributed by atoms with Crippen molar-refractivity contribution in [1.29, 1.82) is 0 Å². The molecule has 0 aliphatic heterocycles. The Morgan fingerprint density at radius 1 is 0.650 bits per heavy atom. The molecule has 0 spiro atoms. The molecule has 0 saturated carbocycles. The molecule has 0 aromatic heterocycles. The van der Waals surface area contributed by atoms with E-state index in [1.165, 1.54) is 0 Å². The first-order valence-electron chi connectivity index (χ1n) is 7.06. The van der Waals surface area contributed by atoms with Crippen LogP contribution in [-0.2, 0) is 9.59 Å². The molecule has 0 aliphatic rings. The van der Waals surface area contributed by atoms with Gasteiger partial charge < -0.3 is 20.8 Å². The Bertz CT molecular complexity index is 189. The van der Waals surface area contributed by atoms with E-state index in [-0.39, 0.29) is 12.8 Å². The van der Waals surface area contributed by atoms with Crippen LogP contribution in [0, 0.1) is 0 Å². The second kappa shape index (κ2) is 23.0. The van der Waals surface area contributed by atoms with Crippen molar-refractivity contribution in [1.82, 2.24) is 10.6 Å². The summed E-state index contributed by atoms with van der Waals surface area (Å²) in [6.07, 6.45) is 5.82. The number of hydrogen-bond acceptors (Lipinski definition) is 4. The van der Waals surface area contributed by atoms with Crippen LogP contribution in [0.3, 0.4) is 0 Å². The molecule has 0 aromatic rings. The molecule has 6 nitrogen and oxygen atoms in total. The van der Waals surface area contributed by atoms with Gasteiger partial charge >= 0.3 is 11.9 Å². The first-order chi connectivity index (χ1) is 9.45. The van der Waals surface area contributed by atoms with E-state index in [4.69, 9.17) is 10.2 Å². The lowest BCUT2D eigenvalue weighted by molar-refractivity contribution is -0.138. The third-order valence-electron chi connectivity index (χ3n) is 2.03. The van der Waals surface area contributed by atoms with Gasteiger partial charge in [-0.2, -0.15) is 0 Å². The average molecular weight is 292 g/mol. The van der Waals surface area contributed by atoms with E-state index >= 15 is 0 Å². The third kappa shape index (κ3) is 43.6. The van der Waals surface area contributed by atoms with E-state index in [1.54, 1.807) is 0 Å². The molecule has 0 rings (SSSR count). The number of nitrogens with one attached hydrogen (secondary N) is 2. The first kappa shape index (κ1) is 23.9. The lowest BCUT2D eigenvalue weighted by atomic mass is 10.1. The minimum atomic E-state index is -0.740. The smallest absolute Gasteiger partial charge is 0.303 e. The number of rotatable bonds is 9. The quantitative estimate of drug-likeness (QED) is 0.485. The summed E-state index contributed by atoms with van der Waals surface area (Å²) in [6, 6.07) is 0. The molecule has 4 N–H and O–H groups in total. The molecule has 0 bridgehead atoms. The van der Waals surface area contributed by atoms with Gasteiger partial charge in [0, 0.05) is 12.8 Å². The molecule has 0 saturated heterocycles. The zero-order valence-electron chi connectivity index (χ0n) is 13.4. The Morgan fingerprint density at radius 3 is 1.05 bits per heavy atom. The van der Waals surface area contributed by atoms with Crippen LogP contribution in [0.25, 0.3) is 0 Å². The number of carbonyl (C=O) groups is 2. The van der Waals surface area contributed by atoms with Gasteiger partial charge in [-0.05, 0) is 41.0 Å². The Hall–Kier alpha value is -1.14. The van der Waals surface area contributed by atoms with Gasteiger partial charge in [0.1, 0.15) is 0 Å². The van der Waals surface area contributed by atoms with E-state index in [0.717, 1.165) is 38.5 Å². The van der Waals surface area contributed by atoms with Gasteiger partial charge in [0.25, 0.3) is 0 Å². The highest BCUT2D eigenvalue weighted by Crippen LogP contribution is 2.08. The molecular weight excluding hydrogens is 260 g/mol. The molecular formula is C14H32N2O4. The van der Waals surface area contributed by atoms with Gasteiger partial charge in [0.2, 0.25) is 0 Å². The highest BCUT2D eigenvalue weighted by Gasteiger charge is 1.98. The molecule has 20 heavy (non-hydrogen) atoms. The van der Waals surface area contributed by atoms with Crippen molar-refractivity contribution >= 4 is 11.9 Å². The van der Waals surface area contributed by atoms with Crippen LogP contribution in [0.15, 0.2) is 0 Å². The molecule has 0 aliphatic carbocycles. The zero-order chi connectivity index (χ0) is 16.2. The topological polar surface area (TPSA) is 98.7 Å². The van der Waals surface area contributed by atoms with E-state index in [9.17, 15) is 9.59 Å². The summed E-state index contributed by atoms with van der Waals surface area (Å²) in [4.78, 5) is 20.3.